The van der Waals surface area contributed by atoms with E-state index in [2.05, 4.69) is 48.5 Å². The molecule has 2 aromatic rings. The molecule has 1 fully saturated rings. The number of benzene rings is 2. The van der Waals surface area contributed by atoms with Crippen molar-refractivity contribution in [2.75, 3.05) is 18.5 Å². The lowest BCUT2D eigenvalue weighted by Crippen LogP contribution is -2.36. The largest absolute Gasteiger partial charge is 0.376 e. The van der Waals surface area contributed by atoms with Gasteiger partial charge in [0.05, 0.1) is 12.6 Å². The molecule has 1 aliphatic heterocycles. The van der Waals surface area contributed by atoms with Crippen molar-refractivity contribution in [3.05, 3.63) is 64.7 Å². The molecule has 28 heavy (non-hydrogen) atoms. The zero-order chi connectivity index (χ0) is 19.9. The molecular weight excluding hydrogens is 350 g/mol. The topological polar surface area (TPSA) is 62.7 Å². The molecular formula is C23H29N3O2. The number of hydrogen-bond acceptors (Lipinski definition) is 3. The first-order chi connectivity index (χ1) is 13.5. The number of guanidine groups is 1. The van der Waals surface area contributed by atoms with Gasteiger partial charge in [0.1, 0.15) is 0 Å². The van der Waals surface area contributed by atoms with Gasteiger partial charge in [-0.2, -0.15) is 0 Å². The highest BCUT2D eigenvalue weighted by molar-refractivity contribution is 6.10. The number of aryl methyl sites for hydroxylation is 3. The van der Waals surface area contributed by atoms with E-state index in [1.165, 1.54) is 16.7 Å². The number of nitrogens with zero attached hydrogens (tertiary/aromatic N) is 1. The summed E-state index contributed by atoms with van der Waals surface area (Å²) in [7, 11) is 0. The zero-order valence-corrected chi connectivity index (χ0v) is 16.9. The molecule has 5 nitrogen and oxygen atoms in total. The number of ether oxygens (including phenoxy) is 1. The Bertz CT molecular complexity index is 837. The van der Waals surface area contributed by atoms with Crippen LogP contribution in [0.15, 0.2) is 47.5 Å². The monoisotopic (exact) mass is 379 g/mol. The Kier molecular flexibility index (Phi) is 6.82. The first-order valence-electron chi connectivity index (χ1n) is 9.95. The van der Waals surface area contributed by atoms with Crippen molar-refractivity contribution in [2.24, 2.45) is 4.99 Å². The molecule has 0 aliphatic carbocycles. The normalized spacial score (nSPS) is 16.8. The number of hydrogen-bond donors (Lipinski definition) is 2. The van der Waals surface area contributed by atoms with Crippen LogP contribution in [0, 0.1) is 13.8 Å². The average molecular weight is 380 g/mol. The minimum Gasteiger partial charge on any atom is -0.376 e. The van der Waals surface area contributed by atoms with Crippen molar-refractivity contribution in [1.29, 1.82) is 0 Å². The van der Waals surface area contributed by atoms with Crippen LogP contribution in [0.4, 0.5) is 5.69 Å². The van der Waals surface area contributed by atoms with Gasteiger partial charge in [-0.1, -0.05) is 25.1 Å². The van der Waals surface area contributed by atoms with Gasteiger partial charge < -0.3 is 10.1 Å². The highest BCUT2D eigenvalue weighted by atomic mass is 16.5. The number of nitrogens with one attached hydrogen (secondary N) is 2. The number of carbonyl (C=O) groups excluding carboxylic acids is 1. The fraction of sp³-hybridized carbons (Fsp3) is 0.391. The fourth-order valence-electron chi connectivity index (χ4n) is 3.12. The molecule has 1 aliphatic rings. The number of rotatable bonds is 5. The predicted molar refractivity (Wildman–Crippen MR) is 114 cm³/mol. The molecule has 0 spiro atoms. The molecule has 2 aromatic carbocycles. The van der Waals surface area contributed by atoms with Crippen molar-refractivity contribution in [3.8, 4) is 0 Å². The summed E-state index contributed by atoms with van der Waals surface area (Å²) in [5, 5.41) is 6.18. The molecule has 1 heterocycles. The Balaban J connectivity index is 1.74. The summed E-state index contributed by atoms with van der Waals surface area (Å²) in [4.78, 5) is 17.3. The van der Waals surface area contributed by atoms with E-state index >= 15 is 0 Å². The first-order valence-corrected chi connectivity index (χ1v) is 9.95. The minimum atomic E-state index is -0.176. The molecule has 1 atom stereocenters. The van der Waals surface area contributed by atoms with Gasteiger partial charge in [0.15, 0.2) is 0 Å². The van der Waals surface area contributed by atoms with E-state index in [-0.39, 0.29) is 12.0 Å². The van der Waals surface area contributed by atoms with E-state index in [0.717, 1.165) is 31.6 Å². The smallest absolute Gasteiger partial charge is 0.257 e. The third-order valence-electron chi connectivity index (χ3n) is 5.10. The van der Waals surface area contributed by atoms with Gasteiger partial charge in [0, 0.05) is 17.9 Å². The van der Waals surface area contributed by atoms with E-state index in [0.29, 0.717) is 18.1 Å². The number of anilines is 1. The van der Waals surface area contributed by atoms with Crippen LogP contribution in [0.25, 0.3) is 0 Å². The predicted octanol–water partition coefficient (Wildman–Crippen LogP) is 4.24. The molecule has 3 rings (SSSR count). The van der Waals surface area contributed by atoms with Crippen LogP contribution in [-0.2, 0) is 11.2 Å². The molecule has 1 amide bonds. The van der Waals surface area contributed by atoms with Gasteiger partial charge >= 0.3 is 0 Å². The molecule has 0 aromatic heterocycles. The van der Waals surface area contributed by atoms with Crippen molar-refractivity contribution >= 4 is 17.6 Å². The lowest BCUT2D eigenvalue weighted by molar-refractivity contribution is 0.0975. The van der Waals surface area contributed by atoms with Crippen molar-refractivity contribution < 1.29 is 9.53 Å². The molecule has 148 valence electrons. The lowest BCUT2D eigenvalue weighted by atomic mass is 10.1. The Morgan fingerprint density at radius 3 is 2.57 bits per heavy atom. The van der Waals surface area contributed by atoms with Gasteiger partial charge in [-0.25, -0.2) is 4.99 Å². The summed E-state index contributed by atoms with van der Waals surface area (Å²) in [6.45, 7) is 7.56. The van der Waals surface area contributed by atoms with Crippen LogP contribution in [0.5, 0.6) is 0 Å². The van der Waals surface area contributed by atoms with E-state index in [9.17, 15) is 4.79 Å². The van der Waals surface area contributed by atoms with Crippen LogP contribution in [0.3, 0.4) is 0 Å². The number of amides is 1. The summed E-state index contributed by atoms with van der Waals surface area (Å²) >= 11 is 0. The Labute approximate surface area is 167 Å². The summed E-state index contributed by atoms with van der Waals surface area (Å²) in [5.41, 5.74) is 5.13. The van der Waals surface area contributed by atoms with Crippen LogP contribution in [0.2, 0.25) is 0 Å². The van der Waals surface area contributed by atoms with E-state index in [1.807, 2.05) is 30.3 Å². The molecule has 0 bridgehead atoms. The maximum absolute atomic E-state index is 12.7. The zero-order valence-electron chi connectivity index (χ0n) is 16.9. The fourth-order valence-corrected chi connectivity index (χ4v) is 3.12. The van der Waals surface area contributed by atoms with Crippen molar-refractivity contribution in [3.63, 3.8) is 0 Å². The van der Waals surface area contributed by atoms with Crippen molar-refractivity contribution in [1.82, 2.24) is 5.32 Å². The molecule has 5 heteroatoms. The lowest BCUT2D eigenvalue weighted by Gasteiger charge is -2.14. The summed E-state index contributed by atoms with van der Waals surface area (Å²) in [5.74, 6) is 0.272. The standard InChI is InChI=1S/C23H29N3O2/c1-4-18-8-10-19(11-9-18)22(27)26-23(24-15-21-6-5-13-28-21)25-20-12-7-16(2)17(3)14-20/h7-12,14,21H,4-6,13,15H2,1-3H3,(H2,24,25,26,27). The maximum Gasteiger partial charge on any atom is 0.257 e. The molecule has 1 unspecified atom stereocenters. The molecule has 0 saturated carbocycles. The molecule has 1 saturated heterocycles. The van der Waals surface area contributed by atoms with Gasteiger partial charge in [-0.3, -0.25) is 10.1 Å². The minimum absolute atomic E-state index is 0.122. The van der Waals surface area contributed by atoms with Crippen LogP contribution in [0.1, 0.15) is 46.8 Å². The van der Waals surface area contributed by atoms with Crippen molar-refractivity contribution in [2.45, 2.75) is 46.1 Å². The quantitative estimate of drug-likeness (QED) is 0.603. The Morgan fingerprint density at radius 2 is 1.93 bits per heavy atom. The van der Waals surface area contributed by atoms with E-state index < -0.39 is 0 Å². The van der Waals surface area contributed by atoms with Gasteiger partial charge in [-0.15, -0.1) is 0 Å². The second-order valence-corrected chi connectivity index (χ2v) is 7.25. The average Bonchev–Trinajstić information content (AvgIpc) is 3.22. The van der Waals surface area contributed by atoms with Crippen LogP contribution in [-0.4, -0.2) is 31.1 Å². The van der Waals surface area contributed by atoms with Crippen LogP contribution >= 0.6 is 0 Å². The molecule has 2 N–H and O–H groups in total. The van der Waals surface area contributed by atoms with E-state index in [4.69, 9.17) is 4.74 Å². The molecule has 0 radical (unpaired) electrons. The maximum atomic E-state index is 12.7. The second-order valence-electron chi connectivity index (χ2n) is 7.25. The highest BCUT2D eigenvalue weighted by Crippen LogP contribution is 2.15. The summed E-state index contributed by atoms with van der Waals surface area (Å²) < 4.78 is 5.66. The first kappa shape index (κ1) is 20.1. The van der Waals surface area contributed by atoms with Gasteiger partial charge in [-0.05, 0) is 74.1 Å². The van der Waals surface area contributed by atoms with Gasteiger partial charge in [0.25, 0.3) is 5.91 Å². The van der Waals surface area contributed by atoms with Gasteiger partial charge in [0.2, 0.25) is 5.96 Å². The Morgan fingerprint density at radius 1 is 1.14 bits per heavy atom. The second kappa shape index (κ2) is 9.51. The summed E-state index contributed by atoms with van der Waals surface area (Å²) in [6, 6.07) is 13.8. The van der Waals surface area contributed by atoms with E-state index in [1.54, 1.807) is 0 Å². The third kappa shape index (κ3) is 5.42. The SMILES string of the molecule is CCc1ccc(C(=O)NC(=NCC2CCCO2)Nc2ccc(C)c(C)c2)cc1. The summed E-state index contributed by atoms with van der Waals surface area (Å²) in [6.07, 6.45) is 3.14. The Hall–Kier alpha value is -2.66. The number of aliphatic imine (C=N–C) groups is 1. The third-order valence-corrected chi connectivity index (χ3v) is 5.10. The highest BCUT2D eigenvalue weighted by Gasteiger charge is 2.16. The number of carbonyl (C=O) groups is 1. The van der Waals surface area contributed by atoms with Crippen LogP contribution < -0.4 is 10.6 Å².